The van der Waals surface area contributed by atoms with Gasteiger partial charge in [-0.15, -0.1) is 6.58 Å². The largest absolute Gasteiger partial charge is 0.318 e. The van der Waals surface area contributed by atoms with Crippen LogP contribution in [0.3, 0.4) is 0 Å². The van der Waals surface area contributed by atoms with Crippen LogP contribution in [0, 0.1) is 0 Å². The molecule has 0 aromatic rings. The Morgan fingerprint density at radius 2 is 2.40 bits per heavy atom. The number of carbonyl (C=O) groups is 1. The second-order valence-corrected chi connectivity index (χ2v) is 2.37. The van der Waals surface area contributed by atoms with Crippen molar-refractivity contribution in [3.05, 3.63) is 12.7 Å². The molecule has 0 aliphatic heterocycles. The SMILES string of the molecule is C=CCC(N)(C=O)CNC. The maximum absolute atomic E-state index is 10.4. The molecule has 3 nitrogen and oxygen atoms in total. The number of aldehydes is 1. The molecule has 0 amide bonds. The normalized spacial score (nSPS) is 15.8. The van der Waals surface area contributed by atoms with Crippen molar-refractivity contribution < 1.29 is 4.79 Å². The lowest BCUT2D eigenvalue weighted by Gasteiger charge is -2.19. The molecule has 58 valence electrons. The third-order valence-corrected chi connectivity index (χ3v) is 1.26. The van der Waals surface area contributed by atoms with Crippen molar-refractivity contribution in [3.8, 4) is 0 Å². The summed E-state index contributed by atoms with van der Waals surface area (Å²) in [5.74, 6) is 0. The summed E-state index contributed by atoms with van der Waals surface area (Å²) in [5, 5.41) is 2.84. The van der Waals surface area contributed by atoms with E-state index in [1.165, 1.54) is 0 Å². The predicted octanol–water partition coefficient (Wildman–Crippen LogP) is -0.322. The van der Waals surface area contributed by atoms with Crippen molar-refractivity contribution >= 4 is 6.29 Å². The molecule has 0 aromatic heterocycles. The molecular formula is C7H14N2O. The van der Waals surface area contributed by atoms with Crippen molar-refractivity contribution in [1.82, 2.24) is 5.32 Å². The Hall–Kier alpha value is -0.670. The third-order valence-electron chi connectivity index (χ3n) is 1.26. The van der Waals surface area contributed by atoms with Crippen LogP contribution in [0.1, 0.15) is 6.42 Å². The van der Waals surface area contributed by atoms with E-state index in [0.29, 0.717) is 13.0 Å². The first-order chi connectivity index (χ1) is 4.68. The maximum Gasteiger partial charge on any atom is 0.141 e. The van der Waals surface area contributed by atoms with Crippen molar-refractivity contribution in [2.45, 2.75) is 12.0 Å². The second-order valence-electron chi connectivity index (χ2n) is 2.37. The Morgan fingerprint density at radius 1 is 1.80 bits per heavy atom. The van der Waals surface area contributed by atoms with Gasteiger partial charge in [0.2, 0.25) is 0 Å². The van der Waals surface area contributed by atoms with Gasteiger partial charge >= 0.3 is 0 Å². The van der Waals surface area contributed by atoms with Gasteiger partial charge in [-0.2, -0.15) is 0 Å². The van der Waals surface area contributed by atoms with Crippen LogP contribution in [0.2, 0.25) is 0 Å². The molecule has 0 fully saturated rings. The highest BCUT2D eigenvalue weighted by Crippen LogP contribution is 2.00. The van der Waals surface area contributed by atoms with Crippen molar-refractivity contribution in [2.24, 2.45) is 5.73 Å². The van der Waals surface area contributed by atoms with Crippen LogP contribution in [0.4, 0.5) is 0 Å². The predicted molar refractivity (Wildman–Crippen MR) is 41.7 cm³/mol. The summed E-state index contributed by atoms with van der Waals surface area (Å²) in [6.07, 6.45) is 2.91. The summed E-state index contributed by atoms with van der Waals surface area (Å²) in [6, 6.07) is 0. The monoisotopic (exact) mass is 142 g/mol. The molecule has 0 bridgehead atoms. The molecule has 0 radical (unpaired) electrons. The first-order valence-electron chi connectivity index (χ1n) is 3.19. The van der Waals surface area contributed by atoms with Crippen molar-refractivity contribution in [1.29, 1.82) is 0 Å². The molecule has 0 aromatic carbocycles. The van der Waals surface area contributed by atoms with Crippen LogP contribution in [-0.4, -0.2) is 25.4 Å². The Morgan fingerprint density at radius 3 is 2.70 bits per heavy atom. The Kier molecular flexibility index (Phi) is 3.91. The summed E-state index contributed by atoms with van der Waals surface area (Å²) in [7, 11) is 1.76. The molecule has 0 saturated heterocycles. The number of hydrogen-bond acceptors (Lipinski definition) is 3. The second kappa shape index (κ2) is 4.19. The molecule has 10 heavy (non-hydrogen) atoms. The lowest BCUT2D eigenvalue weighted by molar-refractivity contribution is -0.112. The van der Waals surface area contributed by atoms with Crippen LogP contribution in [0.25, 0.3) is 0 Å². The van der Waals surface area contributed by atoms with Gasteiger partial charge in [0.1, 0.15) is 6.29 Å². The lowest BCUT2D eigenvalue weighted by atomic mass is 9.99. The molecule has 0 spiro atoms. The average molecular weight is 142 g/mol. The van der Waals surface area contributed by atoms with Crippen molar-refractivity contribution in [3.63, 3.8) is 0 Å². The quantitative estimate of drug-likeness (QED) is 0.408. The fourth-order valence-electron chi connectivity index (χ4n) is 0.760. The van der Waals surface area contributed by atoms with Gasteiger partial charge in [0.05, 0.1) is 5.54 Å². The van der Waals surface area contributed by atoms with E-state index in [-0.39, 0.29) is 0 Å². The van der Waals surface area contributed by atoms with E-state index in [1.54, 1.807) is 13.1 Å². The van der Waals surface area contributed by atoms with E-state index < -0.39 is 5.54 Å². The molecule has 0 heterocycles. The van der Waals surface area contributed by atoms with Gasteiger partial charge in [0.25, 0.3) is 0 Å². The molecule has 1 unspecified atom stereocenters. The minimum absolute atomic E-state index is 0.489. The zero-order valence-electron chi connectivity index (χ0n) is 6.26. The van der Waals surface area contributed by atoms with Gasteiger partial charge in [0, 0.05) is 6.54 Å². The molecule has 0 aliphatic rings. The zero-order valence-corrected chi connectivity index (χ0v) is 6.26. The highest BCUT2D eigenvalue weighted by atomic mass is 16.1. The van der Waals surface area contributed by atoms with Crippen LogP contribution in [0.15, 0.2) is 12.7 Å². The zero-order chi connectivity index (χ0) is 8.04. The molecule has 3 heteroatoms. The van der Waals surface area contributed by atoms with E-state index in [2.05, 4.69) is 11.9 Å². The molecule has 0 saturated carbocycles. The number of nitrogens with one attached hydrogen (secondary N) is 1. The molecule has 3 N–H and O–H groups in total. The smallest absolute Gasteiger partial charge is 0.141 e. The topological polar surface area (TPSA) is 55.1 Å². The van der Waals surface area contributed by atoms with E-state index in [0.717, 1.165) is 6.29 Å². The maximum atomic E-state index is 10.4. The number of likely N-dealkylation sites (N-methyl/N-ethyl adjacent to an activating group) is 1. The van der Waals surface area contributed by atoms with Gasteiger partial charge in [0.15, 0.2) is 0 Å². The fourth-order valence-corrected chi connectivity index (χ4v) is 0.760. The standard InChI is InChI=1S/C7H14N2O/c1-3-4-7(8,6-10)5-9-2/h3,6,9H,1,4-5,8H2,2H3. The van der Waals surface area contributed by atoms with Gasteiger partial charge in [-0.05, 0) is 13.5 Å². The van der Waals surface area contributed by atoms with E-state index in [1.807, 2.05) is 0 Å². The van der Waals surface area contributed by atoms with Crippen LogP contribution < -0.4 is 11.1 Å². The fraction of sp³-hybridized carbons (Fsp3) is 0.571. The molecule has 1 atom stereocenters. The highest BCUT2D eigenvalue weighted by molar-refractivity contribution is 5.64. The van der Waals surface area contributed by atoms with E-state index in [4.69, 9.17) is 5.73 Å². The minimum atomic E-state index is -0.767. The number of hydrogen-bond donors (Lipinski definition) is 2. The lowest BCUT2D eigenvalue weighted by Crippen LogP contribution is -2.49. The van der Waals surface area contributed by atoms with Crippen LogP contribution in [-0.2, 0) is 4.79 Å². The van der Waals surface area contributed by atoms with E-state index >= 15 is 0 Å². The first-order valence-corrected chi connectivity index (χ1v) is 3.19. The summed E-state index contributed by atoms with van der Waals surface area (Å²) < 4.78 is 0. The Labute approximate surface area is 61.3 Å². The highest BCUT2D eigenvalue weighted by Gasteiger charge is 2.20. The van der Waals surface area contributed by atoms with Gasteiger partial charge in [-0.3, -0.25) is 0 Å². The Balaban J connectivity index is 3.92. The first kappa shape index (κ1) is 9.33. The third kappa shape index (κ3) is 2.75. The van der Waals surface area contributed by atoms with E-state index in [9.17, 15) is 4.79 Å². The van der Waals surface area contributed by atoms with Crippen LogP contribution >= 0.6 is 0 Å². The summed E-state index contributed by atoms with van der Waals surface area (Å²) in [4.78, 5) is 10.4. The molecule has 0 aliphatic carbocycles. The minimum Gasteiger partial charge on any atom is -0.318 e. The van der Waals surface area contributed by atoms with Crippen LogP contribution in [0.5, 0.6) is 0 Å². The number of carbonyl (C=O) groups excluding carboxylic acids is 1. The van der Waals surface area contributed by atoms with Gasteiger partial charge < -0.3 is 15.8 Å². The van der Waals surface area contributed by atoms with Crippen molar-refractivity contribution in [2.75, 3.05) is 13.6 Å². The molecular weight excluding hydrogens is 128 g/mol. The number of nitrogens with two attached hydrogens (primary N) is 1. The number of rotatable bonds is 5. The summed E-state index contributed by atoms with van der Waals surface area (Å²) >= 11 is 0. The summed E-state index contributed by atoms with van der Waals surface area (Å²) in [5.41, 5.74) is 4.85. The molecule has 0 rings (SSSR count). The van der Waals surface area contributed by atoms with Gasteiger partial charge in [-0.1, -0.05) is 6.08 Å². The Bertz CT molecular complexity index is 125. The average Bonchev–Trinajstić information content (AvgIpc) is 1.89. The summed E-state index contributed by atoms with van der Waals surface area (Å²) in [6.45, 7) is 4.00. The van der Waals surface area contributed by atoms with Gasteiger partial charge in [-0.25, -0.2) is 0 Å².